The smallest absolute Gasteiger partial charge is 0.243 e. The number of rotatable bonds is 2. The minimum atomic E-state index is -3.47. The molecular formula is C19H21N2O6S2+. The second-order valence-electron chi connectivity index (χ2n) is 6.73. The molecule has 3 aliphatic rings. The predicted molar refractivity (Wildman–Crippen MR) is 116 cm³/mol. The van der Waals surface area contributed by atoms with Crippen LogP contribution in [0, 0.1) is 0 Å². The van der Waals surface area contributed by atoms with Gasteiger partial charge in [0.05, 0.1) is 26.1 Å². The number of amides is 1. The number of nitrogens with zero attached hydrogens (tertiary/aromatic N) is 2. The number of hydrogen-bond donors (Lipinski definition) is 3. The molecule has 2 aliphatic carbocycles. The molecule has 0 aromatic rings. The third kappa shape index (κ3) is 5.15. The molecule has 1 amide bonds. The Kier molecular flexibility index (Phi) is 5.99. The van der Waals surface area contributed by atoms with Crippen LogP contribution in [0.4, 0.5) is 0 Å². The Morgan fingerprint density at radius 1 is 1.07 bits per heavy atom. The number of aliphatic hydroxyl groups excluding tert-OH is 1. The van der Waals surface area contributed by atoms with E-state index in [-0.39, 0.29) is 34.6 Å². The second kappa shape index (κ2) is 8.15. The molecular weight excluding hydrogens is 416 g/mol. The molecule has 1 aliphatic heterocycles. The molecule has 0 bridgehead atoms. The van der Waals surface area contributed by atoms with Gasteiger partial charge in [-0.2, -0.15) is 4.55 Å². The van der Waals surface area contributed by atoms with Crippen LogP contribution in [0.5, 0.6) is 0 Å². The zero-order valence-electron chi connectivity index (χ0n) is 15.6. The molecule has 29 heavy (non-hydrogen) atoms. The topological polar surface area (TPSA) is 137 Å². The van der Waals surface area contributed by atoms with Gasteiger partial charge < -0.3 is 9.66 Å². The van der Waals surface area contributed by atoms with Crippen molar-refractivity contribution in [2.45, 2.75) is 18.6 Å². The van der Waals surface area contributed by atoms with Gasteiger partial charge in [0, 0.05) is 18.9 Å². The van der Waals surface area contributed by atoms with Gasteiger partial charge in [0.15, 0.2) is 5.75 Å². The average molecular weight is 438 g/mol. The molecule has 3 rings (SSSR count). The van der Waals surface area contributed by atoms with Crippen LogP contribution >= 0.6 is 0 Å². The first-order valence-electron chi connectivity index (χ1n) is 8.75. The van der Waals surface area contributed by atoms with Crippen LogP contribution in [-0.4, -0.2) is 57.4 Å². The highest BCUT2D eigenvalue weighted by atomic mass is 32.3. The van der Waals surface area contributed by atoms with E-state index >= 15 is 0 Å². The van der Waals surface area contributed by atoms with Gasteiger partial charge in [-0.1, -0.05) is 4.21 Å². The number of aliphatic hydroxyl groups is 1. The average Bonchev–Trinajstić information content (AvgIpc) is 3.03. The van der Waals surface area contributed by atoms with Crippen molar-refractivity contribution in [3.05, 3.63) is 60.1 Å². The number of hydrogen-bond acceptors (Lipinski definition) is 5. The molecule has 1 saturated heterocycles. The monoisotopic (exact) mass is 437 g/mol. The van der Waals surface area contributed by atoms with Crippen molar-refractivity contribution in [3.8, 4) is 0 Å². The highest BCUT2D eigenvalue weighted by Crippen LogP contribution is 2.25. The van der Waals surface area contributed by atoms with E-state index in [1.54, 1.807) is 24.3 Å². The first-order valence-corrected chi connectivity index (χ1v) is 12.2. The minimum absolute atomic E-state index is 0.0270. The minimum Gasteiger partial charge on any atom is -0.493 e. The fraction of sp³-hybridized carbons (Fsp3) is 0.263. The Hall–Kier alpha value is -2.40. The van der Waals surface area contributed by atoms with Crippen LogP contribution in [0.3, 0.4) is 0 Å². The highest BCUT2D eigenvalue weighted by Gasteiger charge is 2.43. The SMILES string of the molecule is CC(=O)N=C1C=CC(=NC(O)=C2C=CC(=S(=O)(O)[C@@H]3CC[S+](=O)(O)C3)C=C2)C=C1. The number of carbonyl (C=O) groups excluding carboxylic acids is 1. The van der Waals surface area contributed by atoms with E-state index in [0.717, 1.165) is 0 Å². The maximum Gasteiger partial charge on any atom is 0.243 e. The summed E-state index contributed by atoms with van der Waals surface area (Å²) in [5.41, 5.74) is 1.28. The first kappa shape index (κ1) is 21.3. The number of carbonyl (C=O) groups is 1. The fourth-order valence-corrected chi connectivity index (χ4v) is 7.43. The van der Waals surface area contributed by atoms with Crippen molar-refractivity contribution in [3.63, 3.8) is 0 Å². The largest absolute Gasteiger partial charge is 0.493 e. The maximum atomic E-state index is 12.8. The van der Waals surface area contributed by atoms with Gasteiger partial charge >= 0.3 is 0 Å². The van der Waals surface area contributed by atoms with E-state index in [2.05, 4.69) is 9.98 Å². The van der Waals surface area contributed by atoms with Crippen LogP contribution in [0.2, 0.25) is 0 Å². The van der Waals surface area contributed by atoms with E-state index in [0.29, 0.717) is 17.0 Å². The van der Waals surface area contributed by atoms with Gasteiger partial charge in [0.1, 0.15) is 11.0 Å². The van der Waals surface area contributed by atoms with Crippen molar-refractivity contribution in [2.75, 3.05) is 11.5 Å². The van der Waals surface area contributed by atoms with Gasteiger partial charge in [-0.05, 0) is 48.6 Å². The Labute approximate surface area is 169 Å². The molecule has 0 spiro atoms. The summed E-state index contributed by atoms with van der Waals surface area (Å²) in [5, 5.41) is 9.46. The number of aliphatic imine (C=N–C) groups is 2. The van der Waals surface area contributed by atoms with Gasteiger partial charge in [0.2, 0.25) is 22.0 Å². The molecule has 8 nitrogen and oxygen atoms in total. The Morgan fingerprint density at radius 2 is 1.62 bits per heavy atom. The lowest BCUT2D eigenvalue weighted by molar-refractivity contribution is -0.115. The van der Waals surface area contributed by atoms with Gasteiger partial charge in [-0.25, -0.2) is 14.2 Å². The van der Waals surface area contributed by atoms with E-state index in [1.165, 1.54) is 31.2 Å². The van der Waals surface area contributed by atoms with Crippen LogP contribution in [0.15, 0.2) is 70.0 Å². The molecule has 1 fully saturated rings. The summed E-state index contributed by atoms with van der Waals surface area (Å²) in [6.45, 7) is 1.35. The van der Waals surface area contributed by atoms with Crippen LogP contribution < -0.4 is 0 Å². The predicted octanol–water partition coefficient (Wildman–Crippen LogP) is 2.11. The summed E-state index contributed by atoms with van der Waals surface area (Å²) in [4.78, 5) is 19.0. The molecule has 0 saturated carbocycles. The molecule has 3 N–H and O–H groups in total. The lowest BCUT2D eigenvalue weighted by atomic mass is 10.1. The van der Waals surface area contributed by atoms with Crippen LogP contribution in [-0.2, 0) is 29.0 Å². The van der Waals surface area contributed by atoms with Crippen molar-refractivity contribution in [1.29, 1.82) is 0 Å². The van der Waals surface area contributed by atoms with Gasteiger partial charge in [-0.15, -0.1) is 0 Å². The normalized spacial score (nSPS) is 27.9. The second-order valence-corrected chi connectivity index (χ2v) is 11.3. The van der Waals surface area contributed by atoms with Crippen LogP contribution in [0.1, 0.15) is 13.3 Å². The molecule has 0 radical (unpaired) electrons. The van der Waals surface area contributed by atoms with E-state index in [1.807, 2.05) is 0 Å². The van der Waals surface area contributed by atoms with E-state index < -0.39 is 25.3 Å². The summed E-state index contributed by atoms with van der Waals surface area (Å²) >= 11 is 0. The Bertz CT molecular complexity index is 1090. The lowest BCUT2D eigenvalue weighted by Gasteiger charge is -2.13. The van der Waals surface area contributed by atoms with Crippen molar-refractivity contribution >= 4 is 42.2 Å². The number of allylic oxidation sites excluding steroid dienone is 9. The Balaban J connectivity index is 1.80. The standard InChI is InChI=1S/C19H20N2O6S2/c1-13(22)20-15-4-6-16(7-5-15)21-19(23)14-2-8-17(9-3-14)29(26,27)18-10-11-28(24,25)12-18/h2-9,18H,10-12H2,1H3,(H2-,20,21,22,23,24,25,26,27)/p+1/t18-/m1/s1. The third-order valence-electron chi connectivity index (χ3n) is 4.48. The third-order valence-corrected chi connectivity index (χ3v) is 8.74. The van der Waals surface area contributed by atoms with Gasteiger partial charge in [0.25, 0.3) is 0 Å². The summed E-state index contributed by atoms with van der Waals surface area (Å²) in [6.07, 6.45) is 12.4. The zero-order chi connectivity index (χ0) is 21.2. The molecule has 154 valence electrons. The molecule has 0 aromatic heterocycles. The van der Waals surface area contributed by atoms with E-state index in [9.17, 15) is 27.4 Å². The van der Waals surface area contributed by atoms with Crippen molar-refractivity contribution in [2.24, 2.45) is 9.98 Å². The van der Waals surface area contributed by atoms with Gasteiger partial charge in [-0.3, -0.25) is 4.79 Å². The molecule has 2 unspecified atom stereocenters. The lowest BCUT2D eigenvalue weighted by Crippen LogP contribution is -2.28. The van der Waals surface area contributed by atoms with Crippen molar-refractivity contribution < 1.29 is 27.4 Å². The summed E-state index contributed by atoms with van der Waals surface area (Å²) in [7, 11) is -6.50. The molecule has 10 heteroatoms. The van der Waals surface area contributed by atoms with E-state index in [4.69, 9.17) is 0 Å². The quantitative estimate of drug-likeness (QED) is 0.262. The molecule has 0 aromatic carbocycles. The molecule has 3 atom stereocenters. The van der Waals surface area contributed by atoms with Crippen LogP contribution in [0.25, 0.3) is 0 Å². The highest BCUT2D eigenvalue weighted by molar-refractivity contribution is 8.02. The summed E-state index contributed by atoms with van der Waals surface area (Å²) in [5.74, 6) is -0.762. The maximum absolute atomic E-state index is 12.8. The first-order chi connectivity index (χ1) is 13.6. The summed E-state index contributed by atoms with van der Waals surface area (Å²) in [6, 6.07) is 0. The fourth-order valence-electron chi connectivity index (χ4n) is 2.99. The molecule has 1 heterocycles. The Morgan fingerprint density at radius 3 is 2.10 bits per heavy atom. The van der Waals surface area contributed by atoms with Crippen molar-refractivity contribution in [1.82, 2.24) is 0 Å². The zero-order valence-corrected chi connectivity index (χ0v) is 17.2. The summed E-state index contributed by atoms with van der Waals surface area (Å²) < 4.78 is 44.5.